The molecule has 0 saturated carbocycles. The third kappa shape index (κ3) is 1.25. The van der Waals surface area contributed by atoms with E-state index >= 15 is 0 Å². The second-order valence-electron chi connectivity index (χ2n) is 1.81. The smallest absolute Gasteiger partial charge is 0.314 e. The van der Waals surface area contributed by atoms with Crippen LogP contribution in [0.2, 0.25) is 0 Å². The van der Waals surface area contributed by atoms with Crippen LogP contribution in [0.5, 0.6) is 0 Å². The molecule has 3 nitrogen and oxygen atoms in total. The normalized spacial score (nSPS) is 8.80. The van der Waals surface area contributed by atoms with E-state index in [1.54, 1.807) is 30.7 Å². The maximum absolute atomic E-state index is 9.83. The number of amides is 1. The molecule has 1 rings (SSSR count). The third-order valence-electron chi connectivity index (χ3n) is 1.15. The fourth-order valence-electron chi connectivity index (χ4n) is 0.666. The van der Waals surface area contributed by atoms with E-state index in [4.69, 9.17) is 5.73 Å². The molecule has 0 unspecified atom stereocenters. The molecule has 0 saturated heterocycles. The van der Waals surface area contributed by atoms with Gasteiger partial charge in [-0.3, -0.25) is 4.79 Å². The number of nitrogen functional groups attached to an aromatic ring is 1. The molecule has 0 aliphatic carbocycles. The molecule has 0 spiro atoms. The first-order chi connectivity index (χ1) is 4.84. The molecule has 1 amide bonds. The number of benzene rings is 1. The summed E-state index contributed by atoms with van der Waals surface area (Å²) in [5, 5.41) is 2.35. The van der Waals surface area contributed by atoms with Crippen molar-refractivity contribution in [3.8, 4) is 0 Å². The van der Waals surface area contributed by atoms with Gasteiger partial charge in [0, 0.05) is 0 Å². The van der Waals surface area contributed by atoms with Crippen molar-refractivity contribution in [2.24, 2.45) is 0 Å². The van der Waals surface area contributed by atoms with E-state index in [2.05, 4.69) is 5.32 Å². The van der Waals surface area contributed by atoms with Crippen LogP contribution in [0.4, 0.5) is 11.4 Å². The SMILES string of the molecule is Nc1ccccc1N[C]=O. The Labute approximate surface area is 58.8 Å². The lowest BCUT2D eigenvalue weighted by molar-refractivity contribution is 0.561. The minimum Gasteiger partial charge on any atom is -0.397 e. The molecule has 3 N–H and O–H groups in total. The molecule has 1 aromatic rings. The number of rotatable bonds is 2. The van der Waals surface area contributed by atoms with Crippen LogP contribution < -0.4 is 11.1 Å². The lowest BCUT2D eigenvalue weighted by atomic mass is 10.3. The van der Waals surface area contributed by atoms with Crippen LogP contribution in [0.3, 0.4) is 0 Å². The Hall–Kier alpha value is -1.51. The molecule has 0 aromatic heterocycles. The molecule has 0 heterocycles. The van der Waals surface area contributed by atoms with Crippen molar-refractivity contribution in [1.29, 1.82) is 0 Å². The first kappa shape index (κ1) is 6.61. The molecule has 10 heavy (non-hydrogen) atoms. The van der Waals surface area contributed by atoms with E-state index in [0.29, 0.717) is 11.4 Å². The Kier molecular flexibility index (Phi) is 1.89. The molecule has 0 fully saturated rings. The molecule has 0 atom stereocenters. The van der Waals surface area contributed by atoms with Crippen molar-refractivity contribution in [1.82, 2.24) is 0 Å². The number of nitrogens with one attached hydrogen (secondary N) is 1. The Bertz CT molecular complexity index is 235. The summed E-state index contributed by atoms with van der Waals surface area (Å²) < 4.78 is 0. The summed E-state index contributed by atoms with van der Waals surface area (Å²) in [7, 11) is 0. The number of nitrogens with two attached hydrogens (primary N) is 1. The van der Waals surface area contributed by atoms with Gasteiger partial charge in [0.15, 0.2) is 0 Å². The van der Waals surface area contributed by atoms with E-state index in [1.807, 2.05) is 0 Å². The molecule has 1 radical (unpaired) electrons. The van der Waals surface area contributed by atoms with Crippen LogP contribution in [0.15, 0.2) is 24.3 Å². The van der Waals surface area contributed by atoms with Crippen molar-refractivity contribution < 1.29 is 4.79 Å². The molecule has 0 bridgehead atoms. The van der Waals surface area contributed by atoms with E-state index in [1.165, 1.54) is 0 Å². The van der Waals surface area contributed by atoms with E-state index in [-0.39, 0.29) is 0 Å². The van der Waals surface area contributed by atoms with Gasteiger partial charge in [0.05, 0.1) is 11.4 Å². The number of hydrogen-bond acceptors (Lipinski definition) is 2. The Morgan fingerprint density at radius 1 is 1.40 bits per heavy atom. The third-order valence-corrected chi connectivity index (χ3v) is 1.15. The summed E-state index contributed by atoms with van der Waals surface area (Å²) in [5.74, 6) is 0. The van der Waals surface area contributed by atoms with Gasteiger partial charge in [0.25, 0.3) is 0 Å². The molecule has 1 aromatic carbocycles. The fraction of sp³-hybridized carbons (Fsp3) is 0. The average molecular weight is 135 g/mol. The molecular weight excluding hydrogens is 128 g/mol. The van der Waals surface area contributed by atoms with E-state index in [9.17, 15) is 4.79 Å². The van der Waals surface area contributed by atoms with Gasteiger partial charge in [-0.05, 0) is 12.1 Å². The highest BCUT2D eigenvalue weighted by molar-refractivity contribution is 5.79. The highest BCUT2D eigenvalue weighted by Gasteiger charge is 1.92. The summed E-state index contributed by atoms with van der Waals surface area (Å²) >= 11 is 0. The monoisotopic (exact) mass is 135 g/mol. The van der Waals surface area contributed by atoms with Gasteiger partial charge in [0.2, 0.25) is 0 Å². The van der Waals surface area contributed by atoms with Crippen molar-refractivity contribution in [2.75, 3.05) is 11.1 Å². The predicted octanol–water partition coefficient (Wildman–Crippen LogP) is 0.748. The van der Waals surface area contributed by atoms with Gasteiger partial charge in [-0.2, -0.15) is 0 Å². The minimum atomic E-state index is 0.547. The first-order valence-corrected chi connectivity index (χ1v) is 2.82. The number of hydrogen-bond donors (Lipinski definition) is 2. The van der Waals surface area contributed by atoms with E-state index < -0.39 is 0 Å². The van der Waals surface area contributed by atoms with E-state index in [0.717, 1.165) is 0 Å². The summed E-state index contributed by atoms with van der Waals surface area (Å²) in [4.78, 5) is 9.83. The van der Waals surface area contributed by atoms with Gasteiger partial charge in [-0.25, -0.2) is 0 Å². The van der Waals surface area contributed by atoms with Crippen molar-refractivity contribution in [3.63, 3.8) is 0 Å². The number of anilines is 2. The van der Waals surface area contributed by atoms with Gasteiger partial charge >= 0.3 is 6.41 Å². The quantitative estimate of drug-likeness (QED) is 0.464. The second kappa shape index (κ2) is 2.87. The molecule has 0 aliphatic rings. The van der Waals surface area contributed by atoms with Crippen LogP contribution in [0.1, 0.15) is 0 Å². The van der Waals surface area contributed by atoms with Gasteiger partial charge in [0.1, 0.15) is 0 Å². The number of carbonyl (C=O) groups excluding carboxylic acids is 1. The average Bonchev–Trinajstić information content (AvgIpc) is 1.94. The first-order valence-electron chi connectivity index (χ1n) is 2.82. The van der Waals surface area contributed by atoms with Gasteiger partial charge < -0.3 is 11.1 Å². The van der Waals surface area contributed by atoms with Crippen LogP contribution in [0.25, 0.3) is 0 Å². The summed E-state index contributed by atoms with van der Waals surface area (Å²) in [6.07, 6.45) is 1.54. The summed E-state index contributed by atoms with van der Waals surface area (Å²) in [6.45, 7) is 0. The molecule has 3 heteroatoms. The molecule has 51 valence electrons. The van der Waals surface area contributed by atoms with Crippen LogP contribution in [-0.4, -0.2) is 6.41 Å². The Morgan fingerprint density at radius 3 is 2.70 bits per heavy atom. The van der Waals surface area contributed by atoms with Gasteiger partial charge in [-0.15, -0.1) is 0 Å². The Balaban J connectivity index is 2.91. The highest BCUT2D eigenvalue weighted by atomic mass is 16.1. The fourth-order valence-corrected chi connectivity index (χ4v) is 0.666. The van der Waals surface area contributed by atoms with Crippen LogP contribution >= 0.6 is 0 Å². The zero-order valence-corrected chi connectivity index (χ0v) is 5.29. The van der Waals surface area contributed by atoms with Crippen molar-refractivity contribution >= 4 is 17.8 Å². The Morgan fingerprint density at radius 2 is 2.10 bits per heavy atom. The van der Waals surface area contributed by atoms with Crippen molar-refractivity contribution in [2.45, 2.75) is 0 Å². The summed E-state index contributed by atoms with van der Waals surface area (Å²) in [6, 6.07) is 7.00. The molecular formula is C7H7N2O. The summed E-state index contributed by atoms with van der Waals surface area (Å²) in [5.41, 5.74) is 6.61. The highest BCUT2D eigenvalue weighted by Crippen LogP contribution is 2.14. The lowest BCUT2D eigenvalue weighted by Gasteiger charge is -1.99. The maximum Gasteiger partial charge on any atom is 0.314 e. The predicted molar refractivity (Wildman–Crippen MR) is 40.2 cm³/mol. The van der Waals surface area contributed by atoms with Crippen LogP contribution in [-0.2, 0) is 4.79 Å². The topological polar surface area (TPSA) is 55.1 Å². The zero-order valence-electron chi connectivity index (χ0n) is 5.29. The minimum absolute atomic E-state index is 0.547. The molecule has 0 aliphatic heterocycles. The zero-order chi connectivity index (χ0) is 7.40. The second-order valence-corrected chi connectivity index (χ2v) is 1.81. The maximum atomic E-state index is 9.83. The number of para-hydroxylation sites is 2. The standard InChI is InChI=1S/C7H7N2O/c8-6-3-1-2-4-7(6)9-5-10/h1-4H,8H2,(H,9,10). The van der Waals surface area contributed by atoms with Crippen LogP contribution in [0, 0.1) is 0 Å². The van der Waals surface area contributed by atoms with Crippen molar-refractivity contribution in [3.05, 3.63) is 24.3 Å². The van der Waals surface area contributed by atoms with Gasteiger partial charge in [-0.1, -0.05) is 12.1 Å². The lowest BCUT2D eigenvalue weighted by Crippen LogP contribution is -1.97. The largest absolute Gasteiger partial charge is 0.397 e.